The minimum Gasteiger partial charge on any atom is -0.497 e. The van der Waals surface area contributed by atoms with Crippen LogP contribution in [0.3, 0.4) is 0 Å². The fraction of sp³-hybridized carbons (Fsp3) is 0.160. The van der Waals surface area contributed by atoms with Gasteiger partial charge in [-0.25, -0.2) is 0 Å². The van der Waals surface area contributed by atoms with Crippen molar-refractivity contribution in [1.82, 2.24) is 29.9 Å². The van der Waals surface area contributed by atoms with E-state index < -0.39 is 0 Å². The Balaban J connectivity index is 1.58. The summed E-state index contributed by atoms with van der Waals surface area (Å²) in [6, 6.07) is 19.2. The van der Waals surface area contributed by atoms with Crippen LogP contribution >= 0.6 is 0 Å². The quantitative estimate of drug-likeness (QED) is 0.401. The number of methoxy groups -OCH3 is 1. The molecular formula is C25H22N6O2. The van der Waals surface area contributed by atoms with Gasteiger partial charge >= 0.3 is 0 Å². The largest absolute Gasteiger partial charge is 0.497 e. The summed E-state index contributed by atoms with van der Waals surface area (Å²) < 4.78 is 7.04. The van der Waals surface area contributed by atoms with Crippen molar-refractivity contribution < 1.29 is 9.53 Å². The third-order valence-corrected chi connectivity index (χ3v) is 5.56. The van der Waals surface area contributed by atoms with Gasteiger partial charge in [0.05, 0.1) is 19.2 Å². The summed E-state index contributed by atoms with van der Waals surface area (Å²) in [7, 11) is 1.59. The normalized spacial score (nSPS) is 11.1. The van der Waals surface area contributed by atoms with Crippen LogP contribution < -0.4 is 4.74 Å². The summed E-state index contributed by atoms with van der Waals surface area (Å²) in [4.78, 5) is 19.6. The van der Waals surface area contributed by atoms with E-state index in [1.165, 1.54) is 0 Å². The second kappa shape index (κ2) is 8.66. The van der Waals surface area contributed by atoms with Crippen molar-refractivity contribution in [2.24, 2.45) is 0 Å². The van der Waals surface area contributed by atoms with E-state index in [1.807, 2.05) is 43.3 Å². The van der Waals surface area contributed by atoms with E-state index in [0.29, 0.717) is 30.0 Å². The Labute approximate surface area is 190 Å². The Kier molecular flexibility index (Phi) is 5.40. The summed E-state index contributed by atoms with van der Waals surface area (Å²) in [5.41, 5.74) is 5.02. The smallest absolute Gasteiger partial charge is 0.254 e. The molecule has 0 saturated heterocycles. The fourth-order valence-electron chi connectivity index (χ4n) is 3.96. The van der Waals surface area contributed by atoms with Gasteiger partial charge in [0.25, 0.3) is 5.91 Å². The molecule has 33 heavy (non-hydrogen) atoms. The van der Waals surface area contributed by atoms with Crippen molar-refractivity contribution in [3.63, 3.8) is 0 Å². The number of benzene rings is 2. The van der Waals surface area contributed by atoms with Gasteiger partial charge in [0.2, 0.25) is 0 Å². The fourth-order valence-corrected chi connectivity index (χ4v) is 3.96. The SMILES string of the molecule is COc1cccc(C(=O)N(Cc2cccnc2)Cc2cc3cc(C)ccc3n3nnnc23)c1. The molecule has 2 aromatic carbocycles. The zero-order chi connectivity index (χ0) is 22.8. The number of ether oxygens (including phenoxy) is 1. The number of carbonyl (C=O) groups excluding carboxylic acids is 1. The van der Waals surface area contributed by atoms with Crippen molar-refractivity contribution in [2.45, 2.75) is 20.0 Å². The number of hydrogen-bond acceptors (Lipinski definition) is 6. The Hall–Kier alpha value is -4.33. The van der Waals surface area contributed by atoms with Crippen LogP contribution in [0.4, 0.5) is 0 Å². The molecule has 5 rings (SSSR count). The number of rotatable bonds is 6. The van der Waals surface area contributed by atoms with Crippen molar-refractivity contribution in [2.75, 3.05) is 7.11 Å². The first-order chi connectivity index (χ1) is 16.1. The Morgan fingerprint density at radius 1 is 1.06 bits per heavy atom. The molecule has 3 aromatic heterocycles. The molecule has 0 aliphatic carbocycles. The van der Waals surface area contributed by atoms with Gasteiger partial charge in [-0.1, -0.05) is 23.8 Å². The first-order valence-electron chi connectivity index (χ1n) is 10.5. The van der Waals surface area contributed by atoms with Crippen LogP contribution in [0.5, 0.6) is 5.75 Å². The molecule has 0 radical (unpaired) electrons. The highest BCUT2D eigenvalue weighted by Crippen LogP contribution is 2.24. The minimum absolute atomic E-state index is 0.118. The highest BCUT2D eigenvalue weighted by molar-refractivity contribution is 5.95. The van der Waals surface area contributed by atoms with E-state index in [0.717, 1.165) is 27.6 Å². The molecule has 0 aliphatic rings. The second-order valence-electron chi connectivity index (χ2n) is 7.90. The number of fused-ring (bicyclic) bond motifs is 3. The number of amides is 1. The maximum atomic E-state index is 13.6. The van der Waals surface area contributed by atoms with Gasteiger partial charge in [-0.3, -0.25) is 9.78 Å². The van der Waals surface area contributed by atoms with Gasteiger partial charge in [-0.15, -0.1) is 5.10 Å². The first kappa shape index (κ1) is 20.6. The predicted molar refractivity (Wildman–Crippen MR) is 124 cm³/mol. The number of carbonyl (C=O) groups is 1. The lowest BCUT2D eigenvalue weighted by atomic mass is 10.1. The number of nitrogens with zero attached hydrogens (tertiary/aromatic N) is 6. The highest BCUT2D eigenvalue weighted by Gasteiger charge is 2.20. The lowest BCUT2D eigenvalue weighted by Crippen LogP contribution is -2.30. The van der Waals surface area contributed by atoms with Gasteiger partial charge in [-0.05, 0) is 65.4 Å². The van der Waals surface area contributed by atoms with E-state index in [2.05, 4.69) is 32.6 Å². The number of aromatic nitrogens is 5. The molecule has 0 atom stereocenters. The average molecular weight is 438 g/mol. The van der Waals surface area contributed by atoms with E-state index in [1.54, 1.807) is 41.1 Å². The highest BCUT2D eigenvalue weighted by atomic mass is 16.5. The number of hydrogen-bond donors (Lipinski definition) is 0. The maximum Gasteiger partial charge on any atom is 0.254 e. The summed E-state index contributed by atoms with van der Waals surface area (Å²) in [6.07, 6.45) is 3.48. The summed E-state index contributed by atoms with van der Waals surface area (Å²) >= 11 is 0. The molecule has 164 valence electrons. The molecule has 1 amide bonds. The zero-order valence-electron chi connectivity index (χ0n) is 18.3. The minimum atomic E-state index is -0.118. The Morgan fingerprint density at radius 3 is 2.79 bits per heavy atom. The topological polar surface area (TPSA) is 85.5 Å². The standard InChI is InChI=1S/C25H22N6O2/c1-17-8-9-23-20(11-17)12-21(24-27-28-29-31(23)24)16-30(15-18-5-4-10-26-14-18)25(32)19-6-3-7-22(13-19)33-2/h3-14H,15-16H2,1-2H3. The van der Waals surface area contributed by atoms with E-state index in [9.17, 15) is 4.79 Å². The van der Waals surface area contributed by atoms with Crippen LogP contribution in [0.1, 0.15) is 27.0 Å². The van der Waals surface area contributed by atoms with Gasteiger partial charge in [-0.2, -0.15) is 4.52 Å². The first-order valence-corrected chi connectivity index (χ1v) is 10.5. The lowest BCUT2D eigenvalue weighted by molar-refractivity contribution is 0.0730. The van der Waals surface area contributed by atoms with Crippen LogP contribution in [-0.2, 0) is 13.1 Å². The molecule has 8 nitrogen and oxygen atoms in total. The molecule has 3 heterocycles. The van der Waals surface area contributed by atoms with E-state index >= 15 is 0 Å². The number of aryl methyl sites for hydroxylation is 1. The van der Waals surface area contributed by atoms with Crippen LogP contribution in [0.15, 0.2) is 73.1 Å². The van der Waals surface area contributed by atoms with Gasteiger partial charge in [0.15, 0.2) is 5.65 Å². The Bertz CT molecular complexity index is 1450. The molecule has 8 heteroatoms. The van der Waals surface area contributed by atoms with Crippen molar-refractivity contribution in [3.8, 4) is 5.75 Å². The molecule has 0 aliphatic heterocycles. The van der Waals surface area contributed by atoms with E-state index in [4.69, 9.17) is 4.74 Å². The molecule has 0 spiro atoms. The third-order valence-electron chi connectivity index (χ3n) is 5.56. The molecule has 5 aromatic rings. The summed E-state index contributed by atoms with van der Waals surface area (Å²) in [6.45, 7) is 2.77. The van der Waals surface area contributed by atoms with Crippen molar-refractivity contribution >= 4 is 22.5 Å². The third kappa shape index (κ3) is 4.10. The van der Waals surface area contributed by atoms with Crippen molar-refractivity contribution in [3.05, 3.63) is 95.3 Å². The van der Waals surface area contributed by atoms with Crippen LogP contribution in [0.25, 0.3) is 16.6 Å². The summed E-state index contributed by atoms with van der Waals surface area (Å²) in [5.74, 6) is 0.514. The summed E-state index contributed by atoms with van der Waals surface area (Å²) in [5, 5.41) is 13.3. The molecule has 0 saturated carbocycles. The maximum absolute atomic E-state index is 13.6. The monoisotopic (exact) mass is 438 g/mol. The molecule has 0 unspecified atom stereocenters. The Morgan fingerprint density at radius 2 is 1.97 bits per heavy atom. The van der Waals surface area contributed by atoms with E-state index in [-0.39, 0.29) is 5.91 Å². The average Bonchev–Trinajstić information content (AvgIpc) is 3.34. The van der Waals surface area contributed by atoms with Crippen LogP contribution in [-0.4, -0.2) is 42.9 Å². The van der Waals surface area contributed by atoms with Crippen LogP contribution in [0, 0.1) is 6.92 Å². The molecule has 0 bridgehead atoms. The lowest BCUT2D eigenvalue weighted by Gasteiger charge is -2.23. The van der Waals surface area contributed by atoms with Crippen molar-refractivity contribution in [1.29, 1.82) is 0 Å². The number of pyridine rings is 2. The molecular weight excluding hydrogens is 416 g/mol. The second-order valence-corrected chi connectivity index (χ2v) is 7.90. The zero-order valence-corrected chi connectivity index (χ0v) is 18.3. The predicted octanol–water partition coefficient (Wildman–Crippen LogP) is 3.83. The molecule has 0 fully saturated rings. The van der Waals surface area contributed by atoms with Crippen LogP contribution in [0.2, 0.25) is 0 Å². The molecule has 0 N–H and O–H groups in total. The van der Waals surface area contributed by atoms with Gasteiger partial charge < -0.3 is 9.64 Å². The number of tetrazole rings is 1. The van der Waals surface area contributed by atoms with Gasteiger partial charge in [0, 0.05) is 35.5 Å². The van der Waals surface area contributed by atoms with Gasteiger partial charge in [0.1, 0.15) is 5.75 Å².